The van der Waals surface area contributed by atoms with Gasteiger partial charge in [0.2, 0.25) is 5.91 Å². The number of sulfonamides is 1. The molecule has 0 aromatic heterocycles. The third-order valence-corrected chi connectivity index (χ3v) is 7.48. The van der Waals surface area contributed by atoms with E-state index in [1.165, 1.54) is 9.21 Å². The normalized spacial score (nSPS) is 11.2. The molecule has 0 aliphatic rings. The van der Waals surface area contributed by atoms with Gasteiger partial charge in [0.05, 0.1) is 17.7 Å². The maximum atomic E-state index is 13.6. The number of benzene rings is 3. The van der Waals surface area contributed by atoms with Crippen LogP contribution < -0.4 is 9.04 Å². The van der Waals surface area contributed by atoms with Crippen molar-refractivity contribution in [1.82, 2.24) is 4.90 Å². The number of hydrogen-bond donors (Lipinski definition) is 0. The van der Waals surface area contributed by atoms with Gasteiger partial charge < -0.3 is 9.64 Å². The minimum Gasteiger partial charge on any atom is -0.496 e. The molecule has 0 spiro atoms. The highest BCUT2D eigenvalue weighted by atomic mass is 32.2. The van der Waals surface area contributed by atoms with Crippen molar-refractivity contribution in [2.24, 2.45) is 0 Å². The van der Waals surface area contributed by atoms with E-state index in [1.54, 1.807) is 50.6 Å². The van der Waals surface area contributed by atoms with Crippen LogP contribution in [0.25, 0.3) is 0 Å². The summed E-state index contributed by atoms with van der Waals surface area (Å²) in [5.74, 6) is 0.352. The summed E-state index contributed by atoms with van der Waals surface area (Å²) in [6, 6.07) is 19.5. The van der Waals surface area contributed by atoms with Crippen LogP contribution in [0.4, 0.5) is 5.69 Å². The monoisotopic (exact) mass is 466 g/mol. The van der Waals surface area contributed by atoms with E-state index in [4.69, 9.17) is 4.74 Å². The van der Waals surface area contributed by atoms with Crippen molar-refractivity contribution in [2.75, 3.05) is 25.0 Å². The van der Waals surface area contributed by atoms with Crippen molar-refractivity contribution < 1.29 is 17.9 Å². The molecule has 7 heteroatoms. The van der Waals surface area contributed by atoms with Gasteiger partial charge in [-0.1, -0.05) is 42.0 Å². The molecule has 174 valence electrons. The van der Waals surface area contributed by atoms with Crippen molar-refractivity contribution in [3.05, 3.63) is 89.0 Å². The molecular weight excluding hydrogens is 436 g/mol. The molecule has 3 aromatic rings. The predicted octanol–water partition coefficient (Wildman–Crippen LogP) is 4.47. The maximum absolute atomic E-state index is 13.6. The lowest BCUT2D eigenvalue weighted by atomic mass is 10.1. The van der Waals surface area contributed by atoms with Crippen LogP contribution in [0.3, 0.4) is 0 Å². The average Bonchev–Trinajstić information content (AvgIpc) is 2.79. The van der Waals surface area contributed by atoms with E-state index in [2.05, 4.69) is 0 Å². The van der Waals surface area contributed by atoms with Crippen LogP contribution >= 0.6 is 0 Å². The van der Waals surface area contributed by atoms with Gasteiger partial charge in [-0.2, -0.15) is 0 Å². The lowest BCUT2D eigenvalue weighted by Gasteiger charge is -2.27. The number of rotatable bonds is 8. The average molecular weight is 467 g/mol. The Labute approximate surface area is 196 Å². The minimum absolute atomic E-state index is 0.145. The van der Waals surface area contributed by atoms with Gasteiger partial charge in [0.1, 0.15) is 12.3 Å². The number of aryl methyl sites for hydroxylation is 3. The molecule has 0 radical (unpaired) electrons. The number of nitrogens with zero attached hydrogens (tertiary/aromatic N) is 2. The zero-order valence-corrected chi connectivity index (χ0v) is 20.5. The standard InChI is InChI=1S/C26H30N2O4S/c1-19-10-14-24(15-11-19)33(30,31)28(23-13-12-20(2)21(3)16-23)18-26(29)27(4)17-22-8-6-7-9-25(22)32-5/h6-16H,17-18H2,1-5H3. The highest BCUT2D eigenvalue weighted by molar-refractivity contribution is 7.92. The summed E-state index contributed by atoms with van der Waals surface area (Å²) >= 11 is 0. The fraction of sp³-hybridized carbons (Fsp3) is 0.269. The quantitative estimate of drug-likeness (QED) is 0.491. The number of ether oxygens (including phenoxy) is 1. The molecule has 0 aliphatic heterocycles. The molecule has 0 saturated carbocycles. The predicted molar refractivity (Wildman–Crippen MR) is 131 cm³/mol. The van der Waals surface area contributed by atoms with Gasteiger partial charge in [-0.15, -0.1) is 0 Å². The van der Waals surface area contributed by atoms with Crippen molar-refractivity contribution in [3.63, 3.8) is 0 Å². The molecular formula is C26H30N2O4S. The minimum atomic E-state index is -3.95. The van der Waals surface area contributed by atoms with E-state index in [1.807, 2.05) is 51.1 Å². The van der Waals surface area contributed by atoms with E-state index in [9.17, 15) is 13.2 Å². The lowest BCUT2D eigenvalue weighted by Crippen LogP contribution is -2.41. The third-order valence-electron chi connectivity index (χ3n) is 5.69. The first-order valence-electron chi connectivity index (χ1n) is 10.7. The van der Waals surface area contributed by atoms with Crippen LogP contribution in [0.15, 0.2) is 71.6 Å². The second-order valence-corrected chi connectivity index (χ2v) is 10.0. The Bertz CT molecular complexity index is 1240. The molecule has 1 amide bonds. The van der Waals surface area contributed by atoms with Gasteiger partial charge in [0.15, 0.2) is 0 Å². The number of para-hydroxylation sites is 1. The van der Waals surface area contributed by atoms with Crippen LogP contribution in [0.5, 0.6) is 5.75 Å². The Morgan fingerprint density at radius 1 is 0.909 bits per heavy atom. The van der Waals surface area contributed by atoms with Crippen molar-refractivity contribution in [2.45, 2.75) is 32.2 Å². The molecule has 0 atom stereocenters. The van der Waals surface area contributed by atoms with Gasteiger partial charge >= 0.3 is 0 Å². The summed E-state index contributed by atoms with van der Waals surface area (Å²) in [7, 11) is -0.715. The highest BCUT2D eigenvalue weighted by Crippen LogP contribution is 2.26. The first kappa shape index (κ1) is 24.3. The first-order chi connectivity index (χ1) is 15.6. The fourth-order valence-electron chi connectivity index (χ4n) is 3.45. The molecule has 33 heavy (non-hydrogen) atoms. The molecule has 3 aromatic carbocycles. The molecule has 6 nitrogen and oxygen atoms in total. The molecule has 0 heterocycles. The molecule has 0 fully saturated rings. The fourth-order valence-corrected chi connectivity index (χ4v) is 4.86. The molecule has 0 aliphatic carbocycles. The Balaban J connectivity index is 1.94. The van der Waals surface area contributed by atoms with Gasteiger partial charge in [-0.25, -0.2) is 8.42 Å². The second kappa shape index (κ2) is 10.1. The van der Waals surface area contributed by atoms with Crippen LogP contribution in [0.2, 0.25) is 0 Å². The van der Waals surface area contributed by atoms with Crippen molar-refractivity contribution >= 4 is 21.6 Å². The van der Waals surface area contributed by atoms with Crippen molar-refractivity contribution in [1.29, 1.82) is 0 Å². The molecule has 0 saturated heterocycles. The Hall–Kier alpha value is -3.32. The number of likely N-dealkylation sites (N-methyl/N-ethyl adjacent to an activating group) is 1. The van der Waals surface area contributed by atoms with Gasteiger partial charge in [-0.05, 0) is 62.2 Å². The summed E-state index contributed by atoms with van der Waals surface area (Å²) in [5, 5.41) is 0. The van der Waals surface area contributed by atoms with Crippen LogP contribution in [-0.4, -0.2) is 39.9 Å². The zero-order chi connectivity index (χ0) is 24.2. The number of methoxy groups -OCH3 is 1. The zero-order valence-electron chi connectivity index (χ0n) is 19.7. The third kappa shape index (κ3) is 5.54. The lowest BCUT2D eigenvalue weighted by molar-refractivity contribution is -0.128. The summed E-state index contributed by atoms with van der Waals surface area (Å²) in [5.41, 5.74) is 4.25. The number of anilines is 1. The molecule has 0 bridgehead atoms. The SMILES string of the molecule is COc1ccccc1CN(C)C(=O)CN(c1ccc(C)c(C)c1)S(=O)(=O)c1ccc(C)cc1. The summed E-state index contributed by atoms with van der Waals surface area (Å²) in [4.78, 5) is 14.8. The largest absolute Gasteiger partial charge is 0.496 e. The van der Waals surface area contributed by atoms with Crippen LogP contribution in [0, 0.1) is 20.8 Å². The Morgan fingerprint density at radius 2 is 1.58 bits per heavy atom. The van der Waals surface area contributed by atoms with Crippen LogP contribution in [0.1, 0.15) is 22.3 Å². The Morgan fingerprint density at radius 3 is 2.21 bits per heavy atom. The maximum Gasteiger partial charge on any atom is 0.264 e. The molecule has 0 unspecified atom stereocenters. The van der Waals surface area contributed by atoms with Gasteiger partial charge in [0, 0.05) is 19.2 Å². The summed E-state index contributed by atoms with van der Waals surface area (Å²) < 4.78 is 33.7. The van der Waals surface area contributed by atoms with E-state index in [0.29, 0.717) is 18.0 Å². The Kier molecular flexibility index (Phi) is 7.43. The summed E-state index contributed by atoms with van der Waals surface area (Å²) in [6.07, 6.45) is 0. The first-order valence-corrected chi connectivity index (χ1v) is 12.1. The van der Waals surface area contributed by atoms with E-state index in [-0.39, 0.29) is 17.3 Å². The number of hydrogen-bond acceptors (Lipinski definition) is 4. The number of carbonyl (C=O) groups is 1. The van der Waals surface area contributed by atoms with Gasteiger partial charge in [-0.3, -0.25) is 9.10 Å². The van der Waals surface area contributed by atoms with Gasteiger partial charge in [0.25, 0.3) is 10.0 Å². The topological polar surface area (TPSA) is 66.9 Å². The molecule has 3 rings (SSSR count). The van der Waals surface area contributed by atoms with E-state index in [0.717, 1.165) is 22.3 Å². The second-order valence-electron chi connectivity index (χ2n) is 8.15. The van der Waals surface area contributed by atoms with E-state index >= 15 is 0 Å². The number of carbonyl (C=O) groups excluding carboxylic acids is 1. The molecule has 0 N–H and O–H groups in total. The van der Waals surface area contributed by atoms with E-state index < -0.39 is 10.0 Å². The smallest absolute Gasteiger partial charge is 0.264 e. The highest BCUT2D eigenvalue weighted by Gasteiger charge is 2.28. The van der Waals surface area contributed by atoms with Crippen LogP contribution in [-0.2, 0) is 21.4 Å². The van der Waals surface area contributed by atoms with Crippen molar-refractivity contribution in [3.8, 4) is 5.75 Å². The number of amides is 1. The summed E-state index contributed by atoms with van der Waals surface area (Å²) in [6.45, 7) is 5.77.